The maximum atomic E-state index is 9.88. The molecule has 0 aromatic carbocycles. The fourth-order valence-electron chi connectivity index (χ4n) is 0.546. The van der Waals surface area contributed by atoms with E-state index in [9.17, 15) is 4.79 Å². The topological polar surface area (TPSA) is 40.0 Å². The molecule has 2 heterocycles. The van der Waals surface area contributed by atoms with Gasteiger partial charge in [-0.3, -0.25) is 0 Å². The molecule has 0 saturated carbocycles. The first kappa shape index (κ1) is 2.58. The zero-order chi connectivity index (χ0) is 4.31. The maximum Gasteiger partial charge on any atom is 0.595 e. The lowest BCUT2D eigenvalue weighted by molar-refractivity contribution is -0.138. The summed E-state index contributed by atoms with van der Waals surface area (Å²) in [6.45, 7) is 0. The molecule has 1 unspecified atom stereocenters. The molecule has 2 aliphatic rings. The second-order valence-corrected chi connectivity index (χ2v) is 1.50. The lowest BCUT2D eigenvalue weighted by Gasteiger charge is -1.76. The van der Waals surface area contributed by atoms with Gasteiger partial charge in [0.1, 0.15) is 0 Å². The van der Waals surface area contributed by atoms with Gasteiger partial charge in [0.2, 0.25) is 0 Å². The van der Waals surface area contributed by atoms with Crippen molar-refractivity contribution in [2.45, 2.75) is 12.4 Å². The zero-order valence-electron chi connectivity index (χ0n) is 2.92. The SMILES string of the molecule is O=C1C2[C@H](O)[O+]12. The lowest BCUT2D eigenvalue weighted by Crippen LogP contribution is -2.04. The Balaban J connectivity index is 2.22. The highest BCUT2D eigenvalue weighted by molar-refractivity contribution is 5.97. The predicted molar refractivity (Wildman–Crippen MR) is 15.9 cm³/mol. The molecule has 0 radical (unpaired) electrons. The van der Waals surface area contributed by atoms with Crippen molar-refractivity contribution >= 4 is 5.97 Å². The van der Waals surface area contributed by atoms with E-state index in [0.29, 0.717) is 0 Å². The number of fused-ring (bicyclic) bond motifs is 1. The van der Waals surface area contributed by atoms with Crippen LogP contribution in [0.4, 0.5) is 0 Å². The molecule has 3 nitrogen and oxygen atoms in total. The molecule has 0 aromatic heterocycles. The lowest BCUT2D eigenvalue weighted by atomic mass is 10.5. The van der Waals surface area contributed by atoms with Crippen LogP contribution in [-0.4, -0.2) is 23.5 Å². The number of aliphatic hydroxyl groups excluding tert-OH is 1. The van der Waals surface area contributed by atoms with E-state index < -0.39 is 6.29 Å². The van der Waals surface area contributed by atoms with E-state index >= 15 is 0 Å². The summed E-state index contributed by atoms with van der Waals surface area (Å²) in [5, 5.41) is 8.32. The summed E-state index contributed by atoms with van der Waals surface area (Å²) in [6.07, 6.45) is -0.623. The van der Waals surface area contributed by atoms with Gasteiger partial charge in [-0.05, 0) is 0 Å². The van der Waals surface area contributed by atoms with Gasteiger partial charge < -0.3 is 9.47 Å². The molecule has 2 fully saturated rings. The van der Waals surface area contributed by atoms with E-state index in [1.807, 2.05) is 0 Å². The Labute approximate surface area is 33.8 Å². The number of hydrogen-bond acceptors (Lipinski definition) is 2. The molecule has 3 heteroatoms. The number of hydrogen-bond donors (Lipinski definition) is 1. The minimum absolute atomic E-state index is 0.0162. The fourth-order valence-corrected chi connectivity index (χ4v) is 0.546. The molecule has 2 atom stereocenters. The van der Waals surface area contributed by atoms with Gasteiger partial charge >= 0.3 is 18.4 Å². The van der Waals surface area contributed by atoms with Crippen LogP contribution in [0.25, 0.3) is 0 Å². The molecule has 2 saturated heterocycles. The quantitative estimate of drug-likeness (QED) is 0.228. The van der Waals surface area contributed by atoms with Crippen molar-refractivity contribution in [3.8, 4) is 0 Å². The summed E-state index contributed by atoms with van der Waals surface area (Å²) < 4.78 is 2.07. The van der Waals surface area contributed by atoms with Gasteiger partial charge in [0, 0.05) is 0 Å². The molecule has 0 spiro atoms. The van der Waals surface area contributed by atoms with Gasteiger partial charge in [-0.1, -0.05) is 0 Å². The van der Waals surface area contributed by atoms with E-state index in [2.05, 4.69) is 4.37 Å². The molecule has 1 N–H and O–H groups in total. The van der Waals surface area contributed by atoms with Gasteiger partial charge in [-0.25, -0.2) is 0 Å². The average molecular weight is 87.1 g/mol. The molecule has 0 aliphatic carbocycles. The van der Waals surface area contributed by atoms with Crippen LogP contribution in [0.5, 0.6) is 0 Å². The van der Waals surface area contributed by atoms with Crippen molar-refractivity contribution in [1.29, 1.82) is 0 Å². The van der Waals surface area contributed by atoms with Crippen LogP contribution in [0, 0.1) is 0 Å². The Morgan fingerprint density at radius 3 is 2.33 bits per heavy atom. The fraction of sp³-hybridized carbons (Fsp3) is 0.667. The summed E-state index contributed by atoms with van der Waals surface area (Å²) in [5.74, 6) is 0.0162. The Morgan fingerprint density at radius 1 is 1.83 bits per heavy atom. The number of aliphatic hydroxyl groups is 1. The maximum absolute atomic E-state index is 9.88. The molecule has 0 aromatic rings. The van der Waals surface area contributed by atoms with Gasteiger partial charge in [-0.15, -0.1) is 0 Å². The molecule has 0 amide bonds. The Kier molecular flexibility index (Phi) is 0.171. The normalized spacial score (nSPS) is 48.8. The highest BCUT2D eigenvalue weighted by atomic mass is 17.0. The predicted octanol–water partition coefficient (Wildman–Crippen LogP) is -1.22. The molecular weight excluding hydrogens is 84.0 g/mol. The average Bonchev–Trinajstić information content (AvgIpc) is 2.28. The first-order chi connectivity index (χ1) is 2.82. The number of epoxide rings is 2. The summed E-state index contributed by atoms with van der Waals surface area (Å²) in [7, 11) is 0. The van der Waals surface area contributed by atoms with Crippen LogP contribution in [0.1, 0.15) is 0 Å². The summed E-state index contributed by atoms with van der Waals surface area (Å²) >= 11 is 0. The van der Waals surface area contributed by atoms with E-state index in [4.69, 9.17) is 5.11 Å². The molecular formula is C3H3O3+. The van der Waals surface area contributed by atoms with Gasteiger partial charge in [-0.2, -0.15) is 0 Å². The molecule has 32 valence electrons. The molecule has 2 aliphatic heterocycles. The third-order valence-corrected chi connectivity index (χ3v) is 1.12. The second-order valence-electron chi connectivity index (χ2n) is 1.50. The van der Waals surface area contributed by atoms with Crippen molar-refractivity contribution < 1.29 is 14.3 Å². The van der Waals surface area contributed by atoms with Crippen LogP contribution in [0.15, 0.2) is 0 Å². The minimum atomic E-state index is -0.475. The van der Waals surface area contributed by atoms with E-state index in [0.717, 1.165) is 0 Å². The highest BCUT2D eigenvalue weighted by Gasteiger charge is 2.85. The van der Waals surface area contributed by atoms with Crippen molar-refractivity contribution in [2.24, 2.45) is 0 Å². The van der Waals surface area contributed by atoms with Crippen molar-refractivity contribution in [2.75, 3.05) is 0 Å². The number of carbonyl (C=O) groups is 1. The Hall–Kier alpha value is -0.570. The number of carbonyl (C=O) groups excluding carboxylic acids is 1. The monoisotopic (exact) mass is 87.0 g/mol. The third-order valence-electron chi connectivity index (χ3n) is 1.12. The summed E-state index contributed by atoms with van der Waals surface area (Å²) in [4.78, 5) is 9.88. The van der Waals surface area contributed by atoms with Gasteiger partial charge in [0.05, 0.1) is 4.79 Å². The Morgan fingerprint density at radius 2 is 2.33 bits per heavy atom. The second kappa shape index (κ2) is 0.399. The summed E-state index contributed by atoms with van der Waals surface area (Å²) in [5.41, 5.74) is 0. The largest absolute Gasteiger partial charge is 0.595 e. The molecule has 0 bridgehead atoms. The first-order valence-corrected chi connectivity index (χ1v) is 1.76. The van der Waals surface area contributed by atoms with Crippen molar-refractivity contribution in [1.82, 2.24) is 0 Å². The van der Waals surface area contributed by atoms with E-state index in [-0.39, 0.29) is 12.1 Å². The third kappa shape index (κ3) is 0.0851. The van der Waals surface area contributed by atoms with Gasteiger partial charge in [0.15, 0.2) is 0 Å². The Bertz CT molecular complexity index is 107. The smallest absolute Gasteiger partial charge is 0.493 e. The van der Waals surface area contributed by atoms with Crippen LogP contribution in [0.3, 0.4) is 0 Å². The standard InChI is InChI=1S/C3H3O3/c4-2-1-3(5)6(1)2/h1-2,4H/q+1/t1?,2-/m1/s1. The van der Waals surface area contributed by atoms with E-state index in [1.165, 1.54) is 0 Å². The van der Waals surface area contributed by atoms with Crippen LogP contribution < -0.4 is 0 Å². The van der Waals surface area contributed by atoms with Gasteiger partial charge in [0.25, 0.3) is 0 Å². The van der Waals surface area contributed by atoms with E-state index in [1.54, 1.807) is 0 Å². The minimum Gasteiger partial charge on any atom is -0.493 e. The highest BCUT2D eigenvalue weighted by Crippen LogP contribution is 2.49. The van der Waals surface area contributed by atoms with Crippen LogP contribution in [-0.2, 0) is 9.16 Å². The summed E-state index contributed by atoms with van der Waals surface area (Å²) in [6, 6.07) is 0. The molecule has 2 rings (SSSR count). The number of rotatable bonds is 0. The van der Waals surface area contributed by atoms with Crippen LogP contribution >= 0.6 is 0 Å². The van der Waals surface area contributed by atoms with Crippen LogP contribution in [0.2, 0.25) is 0 Å². The van der Waals surface area contributed by atoms with Crippen molar-refractivity contribution in [3.05, 3.63) is 0 Å². The van der Waals surface area contributed by atoms with Crippen molar-refractivity contribution in [3.63, 3.8) is 0 Å². The zero-order valence-corrected chi connectivity index (χ0v) is 2.92. The molecule has 6 heavy (non-hydrogen) atoms. The first-order valence-electron chi connectivity index (χ1n) is 1.76.